The van der Waals surface area contributed by atoms with Gasteiger partial charge in [-0.3, -0.25) is 0 Å². The molecule has 12 aromatic rings. The van der Waals surface area contributed by atoms with E-state index in [1.165, 1.54) is 33.0 Å². The fraction of sp³-hybridized carbons (Fsp3) is 0.0517. The van der Waals surface area contributed by atoms with Crippen molar-refractivity contribution >= 4 is 43.9 Å². The summed E-state index contributed by atoms with van der Waals surface area (Å²) < 4.78 is 8.88. The van der Waals surface area contributed by atoms with Crippen LogP contribution in [0.5, 0.6) is 0 Å². The molecule has 65 heavy (non-hydrogen) atoms. The Bertz CT molecular complexity index is 3800. The van der Waals surface area contributed by atoms with Crippen LogP contribution < -0.4 is 0 Å². The van der Waals surface area contributed by atoms with E-state index < -0.39 is 0 Å². The molecule has 8 aromatic carbocycles. The molecule has 0 saturated carbocycles. The lowest BCUT2D eigenvalue weighted by Gasteiger charge is -2.21. The number of aromatic nitrogens is 6. The predicted octanol–water partition coefficient (Wildman–Crippen LogP) is 14.3. The van der Waals surface area contributed by atoms with Crippen LogP contribution in [0.4, 0.5) is 0 Å². The van der Waals surface area contributed by atoms with E-state index in [1.807, 2.05) is 97.1 Å². The van der Waals surface area contributed by atoms with Crippen LogP contribution >= 0.6 is 0 Å². The first-order valence-corrected chi connectivity index (χ1v) is 21.9. The zero-order valence-corrected chi connectivity index (χ0v) is 35.6. The van der Waals surface area contributed by atoms with Crippen LogP contribution in [0.2, 0.25) is 0 Å². The smallest absolute Gasteiger partial charge is 0.180 e. The highest BCUT2D eigenvalue weighted by Crippen LogP contribution is 2.53. The number of furan rings is 1. The number of rotatable bonds is 6. The fourth-order valence-electron chi connectivity index (χ4n) is 10.0. The summed E-state index contributed by atoms with van der Waals surface area (Å²) in [5, 5.41) is 3.34. The van der Waals surface area contributed by atoms with Gasteiger partial charge in [-0.25, -0.2) is 24.9 Å². The number of benzene rings is 8. The third-order valence-electron chi connectivity index (χ3n) is 13.1. The fourth-order valence-corrected chi connectivity index (χ4v) is 10.0. The van der Waals surface area contributed by atoms with Gasteiger partial charge in [0.1, 0.15) is 16.8 Å². The average Bonchev–Trinajstić information content (AvgIpc) is 3.99. The average molecular weight is 835 g/mol. The maximum absolute atomic E-state index is 6.49. The highest BCUT2D eigenvalue weighted by molar-refractivity contribution is 6.18. The number of fused-ring (bicyclic) bond motifs is 10. The minimum absolute atomic E-state index is 0.150. The van der Waals surface area contributed by atoms with Crippen molar-refractivity contribution in [2.24, 2.45) is 0 Å². The van der Waals surface area contributed by atoms with Crippen LogP contribution in [0.3, 0.4) is 0 Å². The highest BCUT2D eigenvalue weighted by atomic mass is 16.3. The Kier molecular flexibility index (Phi) is 8.12. The van der Waals surface area contributed by atoms with Gasteiger partial charge in [0.25, 0.3) is 0 Å². The first-order chi connectivity index (χ1) is 32.0. The SMILES string of the molecule is CC1(C)c2ccccc2-c2c1ccc1c2c2ccccc2n1-c1ccc(-c2nc(-c3ccccc3)c3oc4ccccc4c3n2)cc1-c1nc(-c2ccccc2)nc(-c2ccccc2)n1. The minimum Gasteiger partial charge on any atom is -0.452 e. The second-order valence-corrected chi connectivity index (χ2v) is 17.2. The van der Waals surface area contributed by atoms with Crippen molar-refractivity contribution in [3.8, 4) is 73.6 Å². The van der Waals surface area contributed by atoms with Crippen LogP contribution in [0.15, 0.2) is 199 Å². The molecule has 0 N–H and O–H groups in total. The topological polar surface area (TPSA) is 82.5 Å². The quantitative estimate of drug-likeness (QED) is 0.166. The summed E-state index contributed by atoms with van der Waals surface area (Å²) in [6, 6.07) is 67.1. The monoisotopic (exact) mass is 834 g/mol. The summed E-state index contributed by atoms with van der Waals surface area (Å²) in [4.78, 5) is 26.3. The van der Waals surface area contributed by atoms with Gasteiger partial charge in [0.15, 0.2) is 28.9 Å². The first-order valence-electron chi connectivity index (χ1n) is 21.9. The van der Waals surface area contributed by atoms with Gasteiger partial charge in [-0.05, 0) is 64.7 Å². The molecule has 0 atom stereocenters. The first kappa shape index (κ1) is 37.0. The molecule has 0 spiro atoms. The van der Waals surface area contributed by atoms with Gasteiger partial charge in [0.2, 0.25) is 0 Å². The van der Waals surface area contributed by atoms with Crippen LogP contribution in [0, 0.1) is 0 Å². The maximum Gasteiger partial charge on any atom is 0.180 e. The molecule has 0 bridgehead atoms. The molecule has 1 aliphatic rings. The number of hydrogen-bond donors (Lipinski definition) is 0. The molecule has 306 valence electrons. The Morgan fingerprint density at radius 1 is 0.431 bits per heavy atom. The van der Waals surface area contributed by atoms with E-state index in [0.29, 0.717) is 28.9 Å². The molecule has 0 radical (unpaired) electrons. The molecular formula is C58H38N6O. The third kappa shape index (κ3) is 5.72. The van der Waals surface area contributed by atoms with Crippen LogP contribution in [0.25, 0.3) is 117 Å². The molecule has 4 heterocycles. The molecule has 13 rings (SSSR count). The van der Waals surface area contributed by atoms with Gasteiger partial charge in [0, 0.05) is 49.4 Å². The van der Waals surface area contributed by atoms with Crippen molar-refractivity contribution in [2.45, 2.75) is 19.3 Å². The van der Waals surface area contributed by atoms with E-state index in [4.69, 9.17) is 29.3 Å². The molecule has 7 nitrogen and oxygen atoms in total. The van der Waals surface area contributed by atoms with E-state index in [0.717, 1.165) is 66.7 Å². The van der Waals surface area contributed by atoms with Crippen molar-refractivity contribution in [1.82, 2.24) is 29.5 Å². The van der Waals surface area contributed by atoms with Gasteiger partial charge in [-0.15, -0.1) is 0 Å². The van der Waals surface area contributed by atoms with Crippen LogP contribution in [0.1, 0.15) is 25.0 Å². The second kappa shape index (κ2) is 14.2. The standard InChI is InChI=1S/C58H38N6O/c1-58(2)43-27-15-12-24-39(43)49-44(58)31-33-47-50(49)40-25-13-16-28-45(40)64(47)46-32-30-38(56-59-51(35-18-6-3-7-19-35)53-52(60-56)41-26-14-17-29-48(41)65-53)34-42(46)57-62-54(36-20-8-4-9-21-36)61-55(63-57)37-22-10-5-11-23-37/h3-34H,1-2H3. The summed E-state index contributed by atoms with van der Waals surface area (Å²) in [7, 11) is 0. The van der Waals surface area contributed by atoms with Crippen molar-refractivity contribution in [3.63, 3.8) is 0 Å². The second-order valence-electron chi connectivity index (χ2n) is 17.2. The zero-order chi connectivity index (χ0) is 43.2. The van der Waals surface area contributed by atoms with E-state index in [9.17, 15) is 0 Å². The third-order valence-corrected chi connectivity index (χ3v) is 13.1. The van der Waals surface area contributed by atoms with Crippen LogP contribution in [-0.2, 0) is 5.41 Å². The zero-order valence-electron chi connectivity index (χ0n) is 35.6. The minimum atomic E-state index is -0.150. The lowest BCUT2D eigenvalue weighted by Crippen LogP contribution is -2.14. The molecule has 0 fully saturated rings. The summed E-state index contributed by atoms with van der Waals surface area (Å²) in [6.45, 7) is 4.67. The number of nitrogens with zero attached hydrogens (tertiary/aromatic N) is 6. The van der Waals surface area contributed by atoms with Crippen molar-refractivity contribution in [3.05, 3.63) is 205 Å². The van der Waals surface area contributed by atoms with Crippen molar-refractivity contribution in [1.29, 1.82) is 0 Å². The Hall–Kier alpha value is -8.55. The molecule has 0 aliphatic heterocycles. The van der Waals surface area contributed by atoms with Crippen molar-refractivity contribution < 1.29 is 4.42 Å². The molecule has 0 saturated heterocycles. The van der Waals surface area contributed by atoms with Gasteiger partial charge in [0.05, 0.1) is 16.7 Å². The van der Waals surface area contributed by atoms with E-state index >= 15 is 0 Å². The summed E-state index contributed by atoms with van der Waals surface area (Å²) in [5.74, 6) is 2.26. The van der Waals surface area contributed by atoms with Gasteiger partial charge in [-0.1, -0.05) is 166 Å². The molecule has 1 aliphatic carbocycles. The normalized spacial score (nSPS) is 12.9. The van der Waals surface area contributed by atoms with Crippen LogP contribution in [-0.4, -0.2) is 29.5 Å². The molecule has 4 aromatic heterocycles. The Labute approximate surface area is 374 Å². The molecular weight excluding hydrogens is 797 g/mol. The largest absolute Gasteiger partial charge is 0.452 e. The van der Waals surface area contributed by atoms with E-state index in [2.05, 4.69) is 115 Å². The number of para-hydroxylation sites is 2. The Morgan fingerprint density at radius 3 is 1.77 bits per heavy atom. The Balaban J connectivity index is 1.13. The molecule has 0 amide bonds. The lowest BCUT2D eigenvalue weighted by atomic mass is 9.82. The summed E-state index contributed by atoms with van der Waals surface area (Å²) >= 11 is 0. The Morgan fingerprint density at radius 2 is 1.03 bits per heavy atom. The lowest BCUT2D eigenvalue weighted by molar-refractivity contribution is 0.661. The molecule has 7 heteroatoms. The summed E-state index contributed by atoms with van der Waals surface area (Å²) in [5.41, 5.74) is 15.5. The van der Waals surface area contributed by atoms with Gasteiger partial charge >= 0.3 is 0 Å². The van der Waals surface area contributed by atoms with Gasteiger partial charge in [-0.2, -0.15) is 0 Å². The summed E-state index contributed by atoms with van der Waals surface area (Å²) in [6.07, 6.45) is 0. The number of hydrogen-bond acceptors (Lipinski definition) is 6. The van der Waals surface area contributed by atoms with Crippen molar-refractivity contribution in [2.75, 3.05) is 0 Å². The van der Waals surface area contributed by atoms with Gasteiger partial charge < -0.3 is 8.98 Å². The molecule has 0 unspecified atom stereocenters. The highest BCUT2D eigenvalue weighted by Gasteiger charge is 2.37. The van der Waals surface area contributed by atoms with E-state index in [1.54, 1.807) is 0 Å². The predicted molar refractivity (Wildman–Crippen MR) is 262 cm³/mol. The maximum atomic E-state index is 6.49. The van der Waals surface area contributed by atoms with E-state index in [-0.39, 0.29) is 5.41 Å².